The van der Waals surface area contributed by atoms with Crippen molar-refractivity contribution in [2.24, 2.45) is 11.3 Å². The van der Waals surface area contributed by atoms with Crippen molar-refractivity contribution in [3.63, 3.8) is 0 Å². The quantitative estimate of drug-likeness (QED) is 0.773. The largest absolute Gasteiger partial charge is 0.312 e. The van der Waals surface area contributed by atoms with E-state index in [2.05, 4.69) is 44.8 Å². The second kappa shape index (κ2) is 5.41. The molecule has 0 aromatic rings. The number of nitrogens with one attached hydrogen (secondary N) is 1. The van der Waals surface area contributed by atoms with Crippen LogP contribution >= 0.6 is 11.8 Å². The van der Waals surface area contributed by atoms with Gasteiger partial charge in [-0.05, 0) is 30.1 Å². The van der Waals surface area contributed by atoms with Crippen molar-refractivity contribution in [2.45, 2.75) is 46.6 Å². The molecule has 1 aliphatic heterocycles. The molecule has 1 N–H and O–H groups in total. The smallest absolute Gasteiger partial charge is 0.0209 e. The van der Waals surface area contributed by atoms with Crippen LogP contribution in [0.1, 0.15) is 40.5 Å². The molecule has 2 unspecified atom stereocenters. The van der Waals surface area contributed by atoms with E-state index >= 15 is 0 Å². The van der Waals surface area contributed by atoms with Gasteiger partial charge in [0.05, 0.1) is 0 Å². The molecule has 14 heavy (non-hydrogen) atoms. The lowest BCUT2D eigenvalue weighted by Crippen LogP contribution is -2.47. The lowest BCUT2D eigenvalue weighted by atomic mass is 9.82. The van der Waals surface area contributed by atoms with Crippen LogP contribution in [0.25, 0.3) is 0 Å². The highest BCUT2D eigenvalue weighted by molar-refractivity contribution is 7.99. The summed E-state index contributed by atoms with van der Waals surface area (Å²) in [5, 5.41) is 3.74. The van der Waals surface area contributed by atoms with E-state index in [0.717, 1.165) is 12.0 Å². The molecular weight excluding hydrogens is 190 g/mol. The first-order valence-corrected chi connectivity index (χ1v) is 7.03. The fourth-order valence-corrected chi connectivity index (χ4v) is 3.40. The van der Waals surface area contributed by atoms with Gasteiger partial charge in [-0.25, -0.2) is 0 Å². The zero-order valence-corrected chi connectivity index (χ0v) is 10.9. The molecule has 0 aliphatic carbocycles. The van der Waals surface area contributed by atoms with Gasteiger partial charge in [0.1, 0.15) is 0 Å². The number of hydrogen-bond donors (Lipinski definition) is 1. The van der Waals surface area contributed by atoms with Crippen LogP contribution in [0.3, 0.4) is 0 Å². The van der Waals surface area contributed by atoms with Crippen LogP contribution in [0.4, 0.5) is 0 Å². The van der Waals surface area contributed by atoms with Gasteiger partial charge in [-0.3, -0.25) is 0 Å². The third kappa shape index (κ3) is 3.47. The zero-order valence-electron chi connectivity index (χ0n) is 10.1. The van der Waals surface area contributed by atoms with E-state index in [0.29, 0.717) is 5.41 Å². The van der Waals surface area contributed by atoms with E-state index in [4.69, 9.17) is 0 Å². The van der Waals surface area contributed by atoms with Gasteiger partial charge in [0.25, 0.3) is 0 Å². The molecule has 0 amide bonds. The first-order valence-electron chi connectivity index (χ1n) is 5.87. The Balaban J connectivity index is 2.34. The molecule has 1 rings (SSSR count). The van der Waals surface area contributed by atoms with Crippen LogP contribution in [0.5, 0.6) is 0 Å². The SMILES string of the molecule is CCC(C)CNC1CSCCC1(C)C. The number of rotatable bonds is 4. The Morgan fingerprint density at radius 1 is 1.50 bits per heavy atom. The van der Waals surface area contributed by atoms with Crippen LogP contribution in [-0.2, 0) is 0 Å². The minimum absolute atomic E-state index is 0.499. The second-order valence-corrected chi connectivity index (χ2v) is 6.44. The van der Waals surface area contributed by atoms with Crippen molar-refractivity contribution in [1.29, 1.82) is 0 Å². The maximum Gasteiger partial charge on any atom is 0.0209 e. The summed E-state index contributed by atoms with van der Waals surface area (Å²) in [6, 6.07) is 0.718. The molecule has 1 heterocycles. The summed E-state index contributed by atoms with van der Waals surface area (Å²) < 4.78 is 0. The lowest BCUT2D eigenvalue weighted by molar-refractivity contribution is 0.238. The molecule has 0 aromatic heterocycles. The second-order valence-electron chi connectivity index (χ2n) is 5.29. The van der Waals surface area contributed by atoms with Gasteiger partial charge in [-0.1, -0.05) is 34.1 Å². The Hall–Kier alpha value is 0.310. The molecular formula is C12H25NS. The van der Waals surface area contributed by atoms with E-state index in [-0.39, 0.29) is 0 Å². The molecule has 0 aromatic carbocycles. The van der Waals surface area contributed by atoms with Crippen molar-refractivity contribution in [1.82, 2.24) is 5.32 Å². The predicted octanol–water partition coefficient (Wildman–Crippen LogP) is 3.15. The Kier molecular flexibility index (Phi) is 4.78. The van der Waals surface area contributed by atoms with E-state index < -0.39 is 0 Å². The van der Waals surface area contributed by atoms with Gasteiger partial charge in [-0.15, -0.1) is 0 Å². The van der Waals surface area contributed by atoms with Crippen LogP contribution in [0.2, 0.25) is 0 Å². The molecule has 0 spiro atoms. The van der Waals surface area contributed by atoms with Crippen LogP contribution in [0, 0.1) is 11.3 Å². The van der Waals surface area contributed by atoms with Gasteiger partial charge in [0.2, 0.25) is 0 Å². The number of hydrogen-bond acceptors (Lipinski definition) is 2. The zero-order chi connectivity index (χ0) is 10.6. The minimum atomic E-state index is 0.499. The Labute approximate surface area is 93.4 Å². The molecule has 0 radical (unpaired) electrons. The molecule has 1 aliphatic rings. The highest BCUT2D eigenvalue weighted by Gasteiger charge is 2.32. The van der Waals surface area contributed by atoms with Crippen molar-refractivity contribution in [3.05, 3.63) is 0 Å². The predicted molar refractivity (Wildman–Crippen MR) is 67.0 cm³/mol. The minimum Gasteiger partial charge on any atom is -0.312 e. The molecule has 1 fully saturated rings. The van der Waals surface area contributed by atoms with Crippen molar-refractivity contribution >= 4 is 11.8 Å². The Bertz CT molecular complexity index is 168. The maximum absolute atomic E-state index is 3.74. The molecule has 84 valence electrons. The average molecular weight is 215 g/mol. The van der Waals surface area contributed by atoms with E-state index in [9.17, 15) is 0 Å². The molecule has 0 bridgehead atoms. The Morgan fingerprint density at radius 3 is 2.79 bits per heavy atom. The first kappa shape index (κ1) is 12.4. The van der Waals surface area contributed by atoms with Gasteiger partial charge >= 0.3 is 0 Å². The summed E-state index contributed by atoms with van der Waals surface area (Å²) >= 11 is 2.10. The summed E-state index contributed by atoms with van der Waals surface area (Å²) in [5.74, 6) is 3.45. The summed E-state index contributed by atoms with van der Waals surface area (Å²) in [6.45, 7) is 10.6. The highest BCUT2D eigenvalue weighted by Crippen LogP contribution is 2.34. The van der Waals surface area contributed by atoms with Crippen molar-refractivity contribution in [2.75, 3.05) is 18.1 Å². The van der Waals surface area contributed by atoms with Gasteiger partial charge < -0.3 is 5.32 Å². The topological polar surface area (TPSA) is 12.0 Å². The van der Waals surface area contributed by atoms with Gasteiger partial charge in [0, 0.05) is 11.8 Å². The van der Waals surface area contributed by atoms with E-state index in [1.165, 1.54) is 30.9 Å². The molecule has 2 atom stereocenters. The summed E-state index contributed by atoms with van der Waals surface area (Å²) in [4.78, 5) is 0. The number of thioether (sulfide) groups is 1. The van der Waals surface area contributed by atoms with Crippen LogP contribution in [0.15, 0.2) is 0 Å². The van der Waals surface area contributed by atoms with Crippen LogP contribution < -0.4 is 5.32 Å². The molecule has 1 nitrogen and oxygen atoms in total. The summed E-state index contributed by atoms with van der Waals surface area (Å²) in [6.07, 6.45) is 2.64. The molecule has 1 saturated heterocycles. The standard InChI is InChI=1S/C12H25NS/c1-5-10(2)8-13-11-9-14-7-6-12(11,3)4/h10-11,13H,5-9H2,1-4H3. The highest BCUT2D eigenvalue weighted by atomic mass is 32.2. The summed E-state index contributed by atoms with van der Waals surface area (Å²) in [5.41, 5.74) is 0.499. The fourth-order valence-electron chi connectivity index (χ4n) is 1.76. The average Bonchev–Trinajstić information content (AvgIpc) is 2.15. The van der Waals surface area contributed by atoms with Crippen LogP contribution in [-0.4, -0.2) is 24.1 Å². The third-order valence-corrected chi connectivity index (χ3v) is 4.59. The first-order chi connectivity index (χ1) is 6.56. The van der Waals surface area contributed by atoms with E-state index in [1.807, 2.05) is 0 Å². The molecule has 0 saturated carbocycles. The Morgan fingerprint density at radius 2 is 2.21 bits per heavy atom. The van der Waals surface area contributed by atoms with Gasteiger partial charge in [-0.2, -0.15) is 11.8 Å². The van der Waals surface area contributed by atoms with Crippen molar-refractivity contribution in [3.8, 4) is 0 Å². The fraction of sp³-hybridized carbons (Fsp3) is 1.00. The maximum atomic E-state index is 3.74. The lowest BCUT2D eigenvalue weighted by Gasteiger charge is -2.39. The monoisotopic (exact) mass is 215 g/mol. The van der Waals surface area contributed by atoms with E-state index in [1.54, 1.807) is 0 Å². The van der Waals surface area contributed by atoms with Crippen molar-refractivity contribution < 1.29 is 0 Å². The normalized spacial score (nSPS) is 28.7. The summed E-state index contributed by atoms with van der Waals surface area (Å²) in [7, 11) is 0. The molecule has 2 heteroatoms. The third-order valence-electron chi connectivity index (χ3n) is 3.53. The van der Waals surface area contributed by atoms with Gasteiger partial charge in [0.15, 0.2) is 0 Å².